The smallest absolute Gasteiger partial charge is 0.242 e. The number of amides is 1. The Bertz CT molecular complexity index is 1790. The fourth-order valence-corrected chi connectivity index (χ4v) is 6.44. The predicted molar refractivity (Wildman–Crippen MR) is 161 cm³/mol. The summed E-state index contributed by atoms with van der Waals surface area (Å²) < 4.78 is 37.0. The number of hydrogen-bond donors (Lipinski definition) is 2. The monoisotopic (exact) mass is 575 g/mol. The van der Waals surface area contributed by atoms with Gasteiger partial charge < -0.3 is 14.6 Å². The highest BCUT2D eigenvalue weighted by Gasteiger charge is 2.27. The second-order valence-electron chi connectivity index (χ2n) is 9.37. The van der Waals surface area contributed by atoms with E-state index in [4.69, 9.17) is 16.3 Å². The van der Waals surface area contributed by atoms with E-state index in [0.717, 1.165) is 33.9 Å². The zero-order valence-electron chi connectivity index (χ0n) is 22.2. The van der Waals surface area contributed by atoms with Crippen LogP contribution in [0.3, 0.4) is 0 Å². The van der Waals surface area contributed by atoms with Crippen LogP contribution in [0.1, 0.15) is 19.4 Å². The van der Waals surface area contributed by atoms with Gasteiger partial charge in [0, 0.05) is 34.0 Å². The maximum Gasteiger partial charge on any atom is 0.242 e. The van der Waals surface area contributed by atoms with Crippen molar-refractivity contribution in [3.05, 3.63) is 102 Å². The Kier molecular flexibility index (Phi) is 8.12. The molecule has 0 unspecified atom stereocenters. The average molecular weight is 576 g/mol. The van der Waals surface area contributed by atoms with Crippen LogP contribution in [0.5, 0.6) is 5.75 Å². The summed E-state index contributed by atoms with van der Waals surface area (Å²) in [6.07, 6.45) is 0.161. The van der Waals surface area contributed by atoms with E-state index in [1.54, 1.807) is 0 Å². The van der Waals surface area contributed by atoms with E-state index in [0.29, 0.717) is 18.0 Å². The number of sulfonamides is 1. The summed E-state index contributed by atoms with van der Waals surface area (Å²) in [5.74, 6) is -0.0791. The topological polar surface area (TPSA) is 89.4 Å². The van der Waals surface area contributed by atoms with Gasteiger partial charge in [-0.15, -0.1) is 0 Å². The first-order valence-corrected chi connectivity index (χ1v) is 15.0. The first-order chi connectivity index (χ1) is 19.3. The Balaban J connectivity index is 1.45. The van der Waals surface area contributed by atoms with Crippen LogP contribution >= 0.6 is 11.6 Å². The number of halogens is 1. The third-order valence-electron chi connectivity index (χ3n) is 6.77. The van der Waals surface area contributed by atoms with Gasteiger partial charge in [-0.3, -0.25) is 4.79 Å². The molecule has 7 nitrogen and oxygen atoms in total. The highest BCUT2D eigenvalue weighted by atomic mass is 35.5. The van der Waals surface area contributed by atoms with Crippen LogP contribution in [0.25, 0.3) is 21.8 Å². The van der Waals surface area contributed by atoms with Crippen molar-refractivity contribution in [3.63, 3.8) is 0 Å². The van der Waals surface area contributed by atoms with Crippen LogP contribution < -0.4 is 14.8 Å². The van der Waals surface area contributed by atoms with Gasteiger partial charge in [0.05, 0.1) is 16.5 Å². The fraction of sp³-hybridized carbons (Fsp3) is 0.194. The number of fused-ring (bicyclic) bond motifs is 3. The van der Waals surface area contributed by atoms with Crippen LogP contribution in [-0.2, 0) is 27.8 Å². The molecule has 2 N–H and O–H groups in total. The van der Waals surface area contributed by atoms with E-state index in [-0.39, 0.29) is 16.3 Å². The molecule has 0 saturated carbocycles. The summed E-state index contributed by atoms with van der Waals surface area (Å²) in [6, 6.07) is 26.3. The van der Waals surface area contributed by atoms with Gasteiger partial charge in [-0.2, -0.15) is 4.72 Å². The second kappa shape index (κ2) is 11.7. The minimum absolute atomic E-state index is 0.0550. The molecule has 1 aromatic heterocycles. The quantitative estimate of drug-likeness (QED) is 0.202. The zero-order chi connectivity index (χ0) is 28.3. The lowest BCUT2D eigenvalue weighted by molar-refractivity contribution is -0.117. The third kappa shape index (κ3) is 5.70. The molecule has 5 aromatic rings. The van der Waals surface area contributed by atoms with Gasteiger partial charge >= 0.3 is 0 Å². The molecule has 1 atom stereocenters. The van der Waals surface area contributed by atoms with Gasteiger partial charge in [0.2, 0.25) is 15.9 Å². The summed E-state index contributed by atoms with van der Waals surface area (Å²) in [5, 5.41) is 5.21. The number of carbonyl (C=O) groups excluding carboxylic acids is 1. The summed E-state index contributed by atoms with van der Waals surface area (Å²) >= 11 is 6.25. The zero-order valence-corrected chi connectivity index (χ0v) is 23.8. The number of carbonyl (C=O) groups is 1. The Labute approximate surface area is 238 Å². The minimum Gasteiger partial charge on any atom is -0.492 e. The van der Waals surface area contributed by atoms with Crippen molar-refractivity contribution >= 4 is 55.0 Å². The Morgan fingerprint density at radius 2 is 1.62 bits per heavy atom. The molecule has 0 bridgehead atoms. The Hall–Kier alpha value is -3.85. The molecule has 0 aliphatic carbocycles. The van der Waals surface area contributed by atoms with E-state index in [2.05, 4.69) is 33.7 Å². The minimum atomic E-state index is -4.09. The molecule has 9 heteroatoms. The third-order valence-corrected chi connectivity index (χ3v) is 8.53. The number of benzene rings is 4. The Morgan fingerprint density at radius 1 is 0.900 bits per heavy atom. The number of nitrogens with one attached hydrogen (secondary N) is 2. The number of anilines is 1. The van der Waals surface area contributed by atoms with Crippen LogP contribution in [0.15, 0.2) is 95.9 Å². The molecular weight excluding hydrogens is 546 g/mol. The van der Waals surface area contributed by atoms with Crippen molar-refractivity contribution in [1.29, 1.82) is 0 Å². The number of rotatable bonds is 10. The van der Waals surface area contributed by atoms with Crippen LogP contribution in [-0.4, -0.2) is 31.5 Å². The molecule has 0 fully saturated rings. The van der Waals surface area contributed by atoms with Crippen molar-refractivity contribution in [3.8, 4) is 5.75 Å². The Morgan fingerprint density at radius 3 is 2.35 bits per heavy atom. The predicted octanol–water partition coefficient (Wildman–Crippen LogP) is 6.39. The fourth-order valence-electron chi connectivity index (χ4n) is 4.92. The van der Waals surface area contributed by atoms with Gasteiger partial charge in [0.25, 0.3) is 0 Å². The molecular formula is C31H30ClN3O4S. The molecule has 5 rings (SSSR count). The number of ether oxygens (including phenoxy) is 1. The van der Waals surface area contributed by atoms with Gasteiger partial charge in [-0.05, 0) is 68.3 Å². The number of aryl methyl sites for hydroxylation is 1. The normalized spacial score (nSPS) is 12.5. The molecule has 206 valence electrons. The van der Waals surface area contributed by atoms with E-state index >= 15 is 0 Å². The lowest BCUT2D eigenvalue weighted by Gasteiger charge is -2.19. The van der Waals surface area contributed by atoms with E-state index < -0.39 is 22.0 Å². The number of para-hydroxylation sites is 1. The molecule has 4 aromatic carbocycles. The largest absolute Gasteiger partial charge is 0.492 e. The molecule has 0 spiro atoms. The summed E-state index contributed by atoms with van der Waals surface area (Å²) in [5.41, 5.74) is 3.58. The average Bonchev–Trinajstić information content (AvgIpc) is 3.27. The van der Waals surface area contributed by atoms with E-state index in [1.807, 2.05) is 67.6 Å². The maximum atomic E-state index is 13.6. The number of aromatic nitrogens is 1. The second-order valence-corrected chi connectivity index (χ2v) is 11.5. The molecule has 1 heterocycles. The SMILES string of the molecule is CCOc1ccc(S(=O)(=O)N[C@@H](Cc2ccccc2)C(=O)Nc2ccc3c(c2)c2ccccc2n3CC)cc1Cl. The maximum absolute atomic E-state index is 13.6. The summed E-state index contributed by atoms with van der Waals surface area (Å²) in [7, 11) is -4.09. The van der Waals surface area contributed by atoms with Gasteiger partial charge in [-0.25, -0.2) is 8.42 Å². The molecule has 1 amide bonds. The van der Waals surface area contributed by atoms with Gasteiger partial charge in [0.1, 0.15) is 11.8 Å². The van der Waals surface area contributed by atoms with Crippen LogP contribution in [0, 0.1) is 0 Å². The van der Waals surface area contributed by atoms with E-state index in [9.17, 15) is 13.2 Å². The number of nitrogens with zero attached hydrogens (tertiary/aromatic N) is 1. The first kappa shape index (κ1) is 27.7. The van der Waals surface area contributed by atoms with Crippen molar-refractivity contribution in [2.24, 2.45) is 0 Å². The van der Waals surface area contributed by atoms with Crippen molar-refractivity contribution in [1.82, 2.24) is 9.29 Å². The first-order valence-electron chi connectivity index (χ1n) is 13.1. The highest BCUT2D eigenvalue weighted by molar-refractivity contribution is 7.89. The molecule has 40 heavy (non-hydrogen) atoms. The van der Waals surface area contributed by atoms with E-state index in [1.165, 1.54) is 18.2 Å². The molecule has 0 aliphatic heterocycles. The highest BCUT2D eigenvalue weighted by Crippen LogP contribution is 2.31. The lowest BCUT2D eigenvalue weighted by atomic mass is 10.1. The standard InChI is InChI=1S/C31H30ClN3O4S/c1-3-35-28-13-9-8-12-24(28)25-19-22(14-16-29(25)35)33-31(36)27(18-21-10-6-5-7-11-21)34-40(37,38)23-15-17-30(39-4-2)26(32)20-23/h5-17,19-20,27,34H,3-4,18H2,1-2H3,(H,33,36)/t27-/m0/s1. The summed E-state index contributed by atoms with van der Waals surface area (Å²) in [4.78, 5) is 13.5. The molecule has 0 radical (unpaired) electrons. The van der Waals surface area contributed by atoms with Gasteiger partial charge in [0.15, 0.2) is 0 Å². The lowest BCUT2D eigenvalue weighted by Crippen LogP contribution is -2.45. The van der Waals surface area contributed by atoms with Crippen molar-refractivity contribution < 1.29 is 17.9 Å². The molecule has 0 saturated heterocycles. The van der Waals surface area contributed by atoms with Crippen molar-refractivity contribution in [2.45, 2.75) is 37.8 Å². The van der Waals surface area contributed by atoms with Crippen LogP contribution in [0.4, 0.5) is 5.69 Å². The van der Waals surface area contributed by atoms with Crippen molar-refractivity contribution in [2.75, 3.05) is 11.9 Å². The number of hydrogen-bond acceptors (Lipinski definition) is 4. The van der Waals surface area contributed by atoms with Gasteiger partial charge in [-0.1, -0.05) is 60.1 Å². The molecule has 0 aliphatic rings. The van der Waals surface area contributed by atoms with Crippen LogP contribution in [0.2, 0.25) is 5.02 Å². The summed E-state index contributed by atoms with van der Waals surface area (Å²) in [6.45, 7) is 5.12.